The second-order valence-electron chi connectivity index (χ2n) is 5.28. The van der Waals surface area contributed by atoms with Crippen molar-refractivity contribution in [1.82, 2.24) is 9.88 Å². The summed E-state index contributed by atoms with van der Waals surface area (Å²) in [5.41, 5.74) is 1.12. The summed E-state index contributed by atoms with van der Waals surface area (Å²) in [7, 11) is 0. The zero-order valence-corrected chi connectivity index (χ0v) is 14.5. The summed E-state index contributed by atoms with van der Waals surface area (Å²) in [6, 6.07) is 12.1. The van der Waals surface area contributed by atoms with Gasteiger partial charge in [-0.15, -0.1) is 0 Å². The van der Waals surface area contributed by atoms with Crippen LogP contribution < -0.4 is 5.32 Å². The molecule has 0 radical (unpaired) electrons. The Kier molecular flexibility index (Phi) is 5.22. The van der Waals surface area contributed by atoms with Crippen LogP contribution in [0.2, 0.25) is 0 Å². The topological polar surface area (TPSA) is 71.5 Å². The van der Waals surface area contributed by atoms with E-state index < -0.39 is 0 Å². The van der Waals surface area contributed by atoms with Crippen LogP contribution in [0.4, 0.5) is 5.69 Å². The molecule has 24 heavy (non-hydrogen) atoms. The number of nitrogens with one attached hydrogen (secondary N) is 1. The molecule has 2 heterocycles. The number of rotatable bonds is 3. The fourth-order valence-electron chi connectivity index (χ4n) is 2.37. The zero-order chi connectivity index (χ0) is 16.9. The lowest BCUT2D eigenvalue weighted by atomic mass is 10.2. The highest BCUT2D eigenvalue weighted by Crippen LogP contribution is 2.16. The smallest absolute Gasteiger partial charge is 0.274 e. The summed E-state index contributed by atoms with van der Waals surface area (Å²) >= 11 is 3.36. The number of benzene rings is 1. The molecule has 1 saturated heterocycles. The minimum Gasteiger partial charge on any atom is -0.378 e. The van der Waals surface area contributed by atoms with E-state index in [2.05, 4.69) is 26.2 Å². The van der Waals surface area contributed by atoms with E-state index in [4.69, 9.17) is 4.74 Å². The molecule has 0 bridgehead atoms. The van der Waals surface area contributed by atoms with Crippen LogP contribution in [0.1, 0.15) is 21.0 Å². The number of ether oxygens (including phenoxy) is 1. The Hall–Kier alpha value is -2.25. The Morgan fingerprint density at radius 1 is 1.08 bits per heavy atom. The van der Waals surface area contributed by atoms with Crippen LogP contribution in [-0.4, -0.2) is 48.0 Å². The van der Waals surface area contributed by atoms with E-state index in [-0.39, 0.29) is 23.2 Å². The van der Waals surface area contributed by atoms with E-state index in [0.717, 1.165) is 4.47 Å². The van der Waals surface area contributed by atoms with Crippen LogP contribution in [0.3, 0.4) is 0 Å². The van der Waals surface area contributed by atoms with Crippen molar-refractivity contribution in [2.75, 3.05) is 31.6 Å². The lowest BCUT2D eigenvalue weighted by molar-refractivity contribution is 0.0299. The van der Waals surface area contributed by atoms with Crippen molar-refractivity contribution < 1.29 is 14.3 Å². The molecule has 0 spiro atoms. The molecule has 0 atom stereocenters. The van der Waals surface area contributed by atoms with Crippen molar-refractivity contribution in [3.8, 4) is 0 Å². The van der Waals surface area contributed by atoms with E-state index in [1.807, 2.05) is 12.1 Å². The Labute approximate surface area is 148 Å². The number of amides is 2. The molecule has 7 heteroatoms. The number of aromatic nitrogens is 1. The summed E-state index contributed by atoms with van der Waals surface area (Å²) in [4.78, 5) is 30.7. The third-order valence-electron chi connectivity index (χ3n) is 3.58. The van der Waals surface area contributed by atoms with Crippen LogP contribution >= 0.6 is 15.9 Å². The molecule has 0 saturated carbocycles. The standard InChI is InChI=1S/C17H16BrN3O3/c18-12-3-1-4-13(11-12)19-16(22)14-5-2-6-15(20-14)17(23)21-7-9-24-10-8-21/h1-6,11H,7-10H2,(H,19,22). The molecule has 1 fully saturated rings. The molecule has 1 N–H and O–H groups in total. The first kappa shape index (κ1) is 16.6. The first-order valence-electron chi connectivity index (χ1n) is 7.54. The van der Waals surface area contributed by atoms with E-state index in [1.54, 1.807) is 35.2 Å². The number of morpholine rings is 1. The lowest BCUT2D eigenvalue weighted by Crippen LogP contribution is -2.41. The maximum atomic E-state index is 12.4. The fourth-order valence-corrected chi connectivity index (χ4v) is 2.77. The van der Waals surface area contributed by atoms with Crippen LogP contribution in [0, 0.1) is 0 Å². The quantitative estimate of drug-likeness (QED) is 0.875. The third-order valence-corrected chi connectivity index (χ3v) is 4.07. The van der Waals surface area contributed by atoms with Crippen LogP contribution in [0.5, 0.6) is 0 Å². The molecule has 1 aromatic heterocycles. The van der Waals surface area contributed by atoms with Crippen LogP contribution in [0.25, 0.3) is 0 Å². The largest absolute Gasteiger partial charge is 0.378 e. The maximum Gasteiger partial charge on any atom is 0.274 e. The Morgan fingerprint density at radius 2 is 1.79 bits per heavy atom. The first-order valence-corrected chi connectivity index (χ1v) is 8.34. The van der Waals surface area contributed by atoms with Gasteiger partial charge in [0.05, 0.1) is 13.2 Å². The second kappa shape index (κ2) is 7.55. The minimum atomic E-state index is -0.357. The zero-order valence-electron chi connectivity index (χ0n) is 12.9. The van der Waals surface area contributed by atoms with Gasteiger partial charge in [-0.05, 0) is 30.3 Å². The Morgan fingerprint density at radius 3 is 2.54 bits per heavy atom. The van der Waals surface area contributed by atoms with Crippen LogP contribution in [0.15, 0.2) is 46.9 Å². The average molecular weight is 390 g/mol. The summed E-state index contributed by atoms with van der Waals surface area (Å²) in [6.45, 7) is 2.12. The highest BCUT2D eigenvalue weighted by molar-refractivity contribution is 9.10. The van der Waals surface area contributed by atoms with Gasteiger partial charge in [-0.1, -0.05) is 28.1 Å². The van der Waals surface area contributed by atoms with Gasteiger partial charge in [0.1, 0.15) is 11.4 Å². The molecule has 124 valence electrons. The third kappa shape index (κ3) is 3.98. The summed E-state index contributed by atoms with van der Waals surface area (Å²) < 4.78 is 6.11. The van der Waals surface area contributed by atoms with E-state index >= 15 is 0 Å². The van der Waals surface area contributed by atoms with Gasteiger partial charge in [0.2, 0.25) is 0 Å². The number of carbonyl (C=O) groups excluding carboxylic acids is 2. The summed E-state index contributed by atoms with van der Waals surface area (Å²) in [6.07, 6.45) is 0. The van der Waals surface area contributed by atoms with Gasteiger partial charge in [0, 0.05) is 23.2 Å². The molecule has 1 aromatic carbocycles. The fraction of sp³-hybridized carbons (Fsp3) is 0.235. The van der Waals surface area contributed by atoms with Gasteiger partial charge in [-0.3, -0.25) is 9.59 Å². The van der Waals surface area contributed by atoms with Crippen molar-refractivity contribution in [1.29, 1.82) is 0 Å². The Balaban J connectivity index is 1.74. The monoisotopic (exact) mass is 389 g/mol. The van der Waals surface area contributed by atoms with Crippen molar-refractivity contribution in [2.45, 2.75) is 0 Å². The molecule has 2 amide bonds. The molecular formula is C17H16BrN3O3. The SMILES string of the molecule is O=C(Nc1cccc(Br)c1)c1cccc(C(=O)N2CCOCC2)n1. The summed E-state index contributed by atoms with van der Waals surface area (Å²) in [5, 5.41) is 2.77. The second-order valence-corrected chi connectivity index (χ2v) is 6.19. The number of nitrogens with zero attached hydrogens (tertiary/aromatic N) is 2. The molecule has 0 aliphatic carbocycles. The minimum absolute atomic E-state index is 0.185. The van der Waals surface area contributed by atoms with Gasteiger partial charge in [-0.25, -0.2) is 4.98 Å². The highest BCUT2D eigenvalue weighted by Gasteiger charge is 2.20. The van der Waals surface area contributed by atoms with Gasteiger partial charge >= 0.3 is 0 Å². The predicted octanol–water partition coefficient (Wildman–Crippen LogP) is 2.57. The van der Waals surface area contributed by atoms with Crippen molar-refractivity contribution in [3.63, 3.8) is 0 Å². The van der Waals surface area contributed by atoms with Crippen LogP contribution in [-0.2, 0) is 4.74 Å². The van der Waals surface area contributed by atoms with Crippen molar-refractivity contribution in [2.24, 2.45) is 0 Å². The summed E-state index contributed by atoms with van der Waals surface area (Å²) in [5.74, 6) is -0.542. The maximum absolute atomic E-state index is 12.4. The van der Waals surface area contributed by atoms with Gasteiger partial charge in [0.15, 0.2) is 0 Å². The number of carbonyl (C=O) groups is 2. The highest BCUT2D eigenvalue weighted by atomic mass is 79.9. The number of anilines is 1. The average Bonchev–Trinajstić information content (AvgIpc) is 2.62. The first-order chi connectivity index (χ1) is 11.6. The number of halogens is 1. The molecule has 3 rings (SSSR count). The van der Waals surface area contributed by atoms with E-state index in [0.29, 0.717) is 32.0 Å². The van der Waals surface area contributed by atoms with E-state index in [1.165, 1.54) is 0 Å². The molecule has 6 nitrogen and oxygen atoms in total. The molecule has 2 aromatic rings. The Bertz CT molecular complexity index is 760. The normalized spacial score (nSPS) is 14.3. The van der Waals surface area contributed by atoms with Crippen molar-refractivity contribution in [3.05, 3.63) is 58.3 Å². The predicted molar refractivity (Wildman–Crippen MR) is 93.1 cm³/mol. The molecular weight excluding hydrogens is 374 g/mol. The van der Waals surface area contributed by atoms with Crippen molar-refractivity contribution >= 4 is 33.4 Å². The molecule has 0 unspecified atom stereocenters. The molecule has 1 aliphatic heterocycles. The molecule has 1 aliphatic rings. The van der Waals surface area contributed by atoms with Gasteiger partial charge in [-0.2, -0.15) is 0 Å². The number of hydrogen-bond donors (Lipinski definition) is 1. The van der Waals surface area contributed by atoms with Gasteiger partial charge in [0.25, 0.3) is 11.8 Å². The number of hydrogen-bond acceptors (Lipinski definition) is 4. The lowest BCUT2D eigenvalue weighted by Gasteiger charge is -2.26. The number of pyridine rings is 1. The van der Waals surface area contributed by atoms with Gasteiger partial charge < -0.3 is 15.0 Å². The van der Waals surface area contributed by atoms with E-state index in [9.17, 15) is 9.59 Å².